The van der Waals surface area contributed by atoms with Crippen LogP contribution in [0, 0.1) is 0 Å². The van der Waals surface area contributed by atoms with Crippen molar-refractivity contribution in [3.05, 3.63) is 10.0 Å². The number of aromatic nitrogens is 1. The van der Waals surface area contributed by atoms with Crippen LogP contribution >= 0.6 is 22.9 Å². The van der Waals surface area contributed by atoms with Crippen molar-refractivity contribution in [2.45, 2.75) is 38.6 Å². The van der Waals surface area contributed by atoms with E-state index in [0.717, 1.165) is 18.1 Å². The van der Waals surface area contributed by atoms with Gasteiger partial charge in [-0.05, 0) is 25.7 Å². The maximum atomic E-state index is 11.5. The molecule has 1 saturated heterocycles. The van der Waals surface area contributed by atoms with Crippen molar-refractivity contribution in [1.82, 2.24) is 4.98 Å². The molecule has 1 atom stereocenters. The van der Waals surface area contributed by atoms with Crippen molar-refractivity contribution < 1.29 is 9.53 Å². The Balaban J connectivity index is 2.24. The van der Waals surface area contributed by atoms with Crippen molar-refractivity contribution in [3.63, 3.8) is 0 Å². The van der Waals surface area contributed by atoms with E-state index in [9.17, 15) is 4.79 Å². The number of carbonyl (C=O) groups excluding carboxylic acids is 1. The number of methoxy groups -OCH3 is 1. The van der Waals surface area contributed by atoms with Crippen LogP contribution in [0.5, 0.6) is 0 Å². The first kappa shape index (κ1) is 13.6. The molecule has 18 heavy (non-hydrogen) atoms. The first-order valence-corrected chi connectivity index (χ1v) is 7.38. The maximum Gasteiger partial charge on any atom is 0.351 e. The Labute approximate surface area is 116 Å². The van der Waals surface area contributed by atoms with E-state index in [1.807, 2.05) is 0 Å². The number of piperidine rings is 1. The van der Waals surface area contributed by atoms with Crippen LogP contribution in [0.15, 0.2) is 0 Å². The van der Waals surface area contributed by atoms with Gasteiger partial charge in [0.25, 0.3) is 0 Å². The summed E-state index contributed by atoms with van der Waals surface area (Å²) in [5.74, 6) is -0.409. The molecule has 0 radical (unpaired) electrons. The van der Waals surface area contributed by atoms with Gasteiger partial charge >= 0.3 is 5.97 Å². The number of hydrogen-bond acceptors (Lipinski definition) is 5. The van der Waals surface area contributed by atoms with Gasteiger partial charge in [0.1, 0.15) is 0 Å². The van der Waals surface area contributed by atoms with Gasteiger partial charge in [-0.3, -0.25) is 0 Å². The molecule has 0 aromatic carbocycles. The second-order valence-electron chi connectivity index (χ2n) is 4.36. The highest BCUT2D eigenvalue weighted by Gasteiger charge is 2.26. The number of halogens is 1. The van der Waals surface area contributed by atoms with E-state index in [1.54, 1.807) is 0 Å². The molecular formula is C12H17ClN2O2S. The normalized spacial score (nSPS) is 19.9. The summed E-state index contributed by atoms with van der Waals surface area (Å²) in [7, 11) is 1.35. The zero-order chi connectivity index (χ0) is 13.1. The van der Waals surface area contributed by atoms with Crippen LogP contribution in [0.2, 0.25) is 5.15 Å². The molecule has 6 heteroatoms. The average Bonchev–Trinajstić information content (AvgIpc) is 2.79. The molecule has 0 spiro atoms. The minimum Gasteiger partial charge on any atom is -0.465 e. The number of anilines is 1. The van der Waals surface area contributed by atoms with E-state index in [4.69, 9.17) is 16.3 Å². The Morgan fingerprint density at radius 3 is 3.06 bits per heavy atom. The summed E-state index contributed by atoms with van der Waals surface area (Å²) in [4.78, 5) is 18.5. The van der Waals surface area contributed by atoms with Crippen LogP contribution in [-0.2, 0) is 4.74 Å². The van der Waals surface area contributed by atoms with Gasteiger partial charge in [-0.15, -0.1) is 0 Å². The molecule has 0 saturated carbocycles. The summed E-state index contributed by atoms with van der Waals surface area (Å²) in [6, 6.07) is 0.506. The van der Waals surface area contributed by atoms with E-state index in [0.29, 0.717) is 10.9 Å². The summed E-state index contributed by atoms with van der Waals surface area (Å²) in [6.45, 7) is 3.17. The molecule has 1 aliphatic heterocycles. The van der Waals surface area contributed by atoms with Gasteiger partial charge in [0.05, 0.1) is 7.11 Å². The van der Waals surface area contributed by atoms with Gasteiger partial charge in [0, 0.05) is 12.6 Å². The monoisotopic (exact) mass is 288 g/mol. The van der Waals surface area contributed by atoms with E-state index < -0.39 is 5.97 Å². The van der Waals surface area contributed by atoms with Crippen molar-refractivity contribution in [3.8, 4) is 0 Å². The van der Waals surface area contributed by atoms with Crippen molar-refractivity contribution in [1.29, 1.82) is 0 Å². The molecule has 1 aromatic rings. The highest BCUT2D eigenvalue weighted by atomic mass is 35.5. The fraction of sp³-hybridized carbons (Fsp3) is 0.667. The third-order valence-electron chi connectivity index (χ3n) is 3.29. The Hall–Kier alpha value is -0.810. The maximum absolute atomic E-state index is 11.5. The van der Waals surface area contributed by atoms with Crippen LogP contribution in [0.4, 0.5) is 5.13 Å². The molecule has 2 heterocycles. The quantitative estimate of drug-likeness (QED) is 0.800. The van der Waals surface area contributed by atoms with Crippen LogP contribution in [0.3, 0.4) is 0 Å². The summed E-state index contributed by atoms with van der Waals surface area (Å²) in [6.07, 6.45) is 4.70. The highest BCUT2D eigenvalue weighted by Crippen LogP contribution is 2.34. The second-order valence-corrected chi connectivity index (χ2v) is 5.69. The SMILES string of the molecule is CCC1CCCCN1c1nc(Cl)c(C(=O)OC)s1. The fourth-order valence-corrected chi connectivity index (χ4v) is 3.61. The van der Waals surface area contributed by atoms with Gasteiger partial charge in [-0.2, -0.15) is 0 Å². The number of carbonyl (C=O) groups is 1. The molecule has 2 rings (SSSR count). The van der Waals surface area contributed by atoms with Crippen LogP contribution in [0.1, 0.15) is 42.3 Å². The minimum atomic E-state index is -0.409. The van der Waals surface area contributed by atoms with E-state index >= 15 is 0 Å². The summed E-state index contributed by atoms with van der Waals surface area (Å²) < 4.78 is 4.70. The number of thiazole rings is 1. The molecule has 1 unspecified atom stereocenters. The zero-order valence-corrected chi connectivity index (χ0v) is 12.2. The number of rotatable bonds is 3. The van der Waals surface area contributed by atoms with Crippen LogP contribution < -0.4 is 4.90 Å². The van der Waals surface area contributed by atoms with Gasteiger partial charge in [0.15, 0.2) is 15.2 Å². The lowest BCUT2D eigenvalue weighted by molar-refractivity contribution is 0.0606. The Morgan fingerprint density at radius 1 is 1.61 bits per heavy atom. The summed E-state index contributed by atoms with van der Waals surface area (Å²) in [5.41, 5.74) is 0. The third-order valence-corrected chi connectivity index (χ3v) is 4.75. The lowest BCUT2D eigenvalue weighted by Gasteiger charge is -2.34. The Kier molecular flexibility index (Phi) is 4.45. The molecule has 1 fully saturated rings. The van der Waals surface area contributed by atoms with Gasteiger partial charge < -0.3 is 9.64 Å². The fourth-order valence-electron chi connectivity index (χ4n) is 2.31. The van der Waals surface area contributed by atoms with Crippen LogP contribution in [0.25, 0.3) is 0 Å². The Bertz CT molecular complexity index is 436. The third kappa shape index (κ3) is 2.62. The number of hydrogen-bond donors (Lipinski definition) is 0. The van der Waals surface area contributed by atoms with Crippen molar-refractivity contribution in [2.24, 2.45) is 0 Å². The predicted molar refractivity (Wildman–Crippen MR) is 73.7 cm³/mol. The molecule has 0 amide bonds. The number of nitrogens with zero attached hydrogens (tertiary/aromatic N) is 2. The highest BCUT2D eigenvalue weighted by molar-refractivity contribution is 7.18. The largest absolute Gasteiger partial charge is 0.465 e. The van der Waals surface area contributed by atoms with Gasteiger partial charge in [-0.1, -0.05) is 29.9 Å². The van der Waals surface area contributed by atoms with Gasteiger partial charge in [0.2, 0.25) is 0 Å². The topological polar surface area (TPSA) is 42.4 Å². The molecule has 4 nitrogen and oxygen atoms in total. The number of esters is 1. The van der Waals surface area contributed by atoms with Gasteiger partial charge in [-0.25, -0.2) is 9.78 Å². The van der Waals surface area contributed by atoms with Crippen molar-refractivity contribution >= 4 is 34.0 Å². The molecule has 100 valence electrons. The first-order chi connectivity index (χ1) is 8.67. The molecule has 0 aliphatic carbocycles. The van der Waals surface area contributed by atoms with Crippen molar-refractivity contribution in [2.75, 3.05) is 18.6 Å². The molecular weight excluding hydrogens is 272 g/mol. The lowest BCUT2D eigenvalue weighted by Crippen LogP contribution is -2.39. The molecule has 1 aromatic heterocycles. The second kappa shape index (κ2) is 5.89. The van der Waals surface area contributed by atoms with E-state index in [-0.39, 0.29) is 5.15 Å². The first-order valence-electron chi connectivity index (χ1n) is 6.18. The predicted octanol–water partition coefficient (Wildman–Crippen LogP) is 3.35. The molecule has 1 aliphatic rings. The molecule has 0 bridgehead atoms. The Morgan fingerprint density at radius 2 is 2.39 bits per heavy atom. The smallest absolute Gasteiger partial charge is 0.351 e. The summed E-state index contributed by atoms with van der Waals surface area (Å²) in [5, 5.41) is 1.09. The summed E-state index contributed by atoms with van der Waals surface area (Å²) >= 11 is 7.33. The number of ether oxygens (including phenoxy) is 1. The zero-order valence-electron chi connectivity index (χ0n) is 10.6. The van der Waals surface area contributed by atoms with Crippen LogP contribution in [-0.4, -0.2) is 30.6 Å². The minimum absolute atomic E-state index is 0.252. The average molecular weight is 289 g/mol. The molecule has 0 N–H and O–H groups in total. The lowest BCUT2D eigenvalue weighted by atomic mass is 10.0. The van der Waals surface area contributed by atoms with E-state index in [1.165, 1.54) is 37.7 Å². The standard InChI is InChI=1S/C12H17ClN2O2S/c1-3-8-6-4-5-7-15(8)12-14-10(13)9(18-12)11(16)17-2/h8H,3-7H2,1-2H3. The van der Waals surface area contributed by atoms with E-state index in [2.05, 4.69) is 16.8 Å².